The summed E-state index contributed by atoms with van der Waals surface area (Å²) in [5.41, 5.74) is 0. The molecule has 0 aromatic rings. The average Bonchev–Trinajstić information content (AvgIpc) is 2.25. The summed E-state index contributed by atoms with van der Waals surface area (Å²) in [6.45, 7) is 6.32. The Morgan fingerprint density at radius 3 is 2.50 bits per heavy atom. The molecule has 0 radical (unpaired) electrons. The van der Waals surface area contributed by atoms with E-state index >= 15 is 0 Å². The lowest BCUT2D eigenvalue weighted by atomic mass is 9.98. The second-order valence-electron chi connectivity index (χ2n) is 4.26. The standard InChI is InChI=1S/C12H25NO/c1-3-11(13-4-2)10-14-12-8-6-5-7-9-12/h11-13H,3-10H2,1-2H3. The van der Waals surface area contributed by atoms with Gasteiger partial charge < -0.3 is 10.1 Å². The summed E-state index contributed by atoms with van der Waals surface area (Å²) in [6.07, 6.45) is 8.41. The highest BCUT2D eigenvalue weighted by molar-refractivity contribution is 4.68. The molecule has 14 heavy (non-hydrogen) atoms. The number of nitrogens with one attached hydrogen (secondary N) is 1. The Kier molecular flexibility index (Phi) is 6.20. The number of ether oxygens (including phenoxy) is 1. The van der Waals surface area contributed by atoms with Crippen molar-refractivity contribution in [3.63, 3.8) is 0 Å². The summed E-state index contributed by atoms with van der Waals surface area (Å²) in [4.78, 5) is 0. The molecule has 84 valence electrons. The van der Waals surface area contributed by atoms with Crippen molar-refractivity contribution < 1.29 is 4.74 Å². The Bertz CT molecular complexity index is 128. The monoisotopic (exact) mass is 199 g/mol. The molecule has 0 bridgehead atoms. The van der Waals surface area contributed by atoms with Crippen LogP contribution in [0.1, 0.15) is 52.4 Å². The zero-order chi connectivity index (χ0) is 10.2. The van der Waals surface area contributed by atoms with Gasteiger partial charge in [0.25, 0.3) is 0 Å². The molecule has 1 saturated carbocycles. The Balaban J connectivity index is 2.10. The van der Waals surface area contributed by atoms with Crippen molar-refractivity contribution in [3.8, 4) is 0 Å². The third-order valence-electron chi connectivity index (χ3n) is 3.07. The first-order valence-electron chi connectivity index (χ1n) is 6.21. The maximum atomic E-state index is 5.93. The minimum atomic E-state index is 0.552. The summed E-state index contributed by atoms with van der Waals surface area (Å²) >= 11 is 0. The molecule has 0 heterocycles. The number of rotatable bonds is 6. The molecule has 1 N–H and O–H groups in total. The van der Waals surface area contributed by atoms with Crippen molar-refractivity contribution in [2.24, 2.45) is 0 Å². The molecule has 1 atom stereocenters. The van der Waals surface area contributed by atoms with E-state index in [1.165, 1.54) is 38.5 Å². The maximum absolute atomic E-state index is 5.93. The smallest absolute Gasteiger partial charge is 0.0623 e. The Hall–Kier alpha value is -0.0800. The molecule has 0 aromatic heterocycles. The van der Waals surface area contributed by atoms with Gasteiger partial charge in [-0.05, 0) is 25.8 Å². The van der Waals surface area contributed by atoms with Crippen LogP contribution in [0, 0.1) is 0 Å². The van der Waals surface area contributed by atoms with Crippen LogP contribution in [0.2, 0.25) is 0 Å². The summed E-state index contributed by atoms with van der Waals surface area (Å²) in [5, 5.41) is 3.45. The van der Waals surface area contributed by atoms with Crippen LogP contribution in [-0.4, -0.2) is 25.3 Å². The van der Waals surface area contributed by atoms with Crippen LogP contribution in [0.15, 0.2) is 0 Å². The molecule has 2 heteroatoms. The number of likely N-dealkylation sites (N-methyl/N-ethyl adjacent to an activating group) is 1. The van der Waals surface area contributed by atoms with Crippen molar-refractivity contribution in [1.29, 1.82) is 0 Å². The fourth-order valence-corrected chi connectivity index (χ4v) is 2.09. The summed E-state index contributed by atoms with van der Waals surface area (Å²) in [6, 6.07) is 0.557. The van der Waals surface area contributed by atoms with Gasteiger partial charge in [-0.1, -0.05) is 33.1 Å². The van der Waals surface area contributed by atoms with Crippen LogP contribution in [0.3, 0.4) is 0 Å². The van der Waals surface area contributed by atoms with Crippen molar-refractivity contribution in [2.75, 3.05) is 13.2 Å². The third kappa shape index (κ3) is 4.43. The topological polar surface area (TPSA) is 21.3 Å². The Morgan fingerprint density at radius 2 is 1.93 bits per heavy atom. The molecule has 0 amide bonds. The maximum Gasteiger partial charge on any atom is 0.0623 e. The molecule has 0 spiro atoms. The van der Waals surface area contributed by atoms with Gasteiger partial charge in [0.15, 0.2) is 0 Å². The predicted molar refractivity (Wildman–Crippen MR) is 60.6 cm³/mol. The number of hydrogen-bond donors (Lipinski definition) is 1. The van der Waals surface area contributed by atoms with Crippen molar-refractivity contribution in [3.05, 3.63) is 0 Å². The third-order valence-corrected chi connectivity index (χ3v) is 3.07. The molecule has 1 fully saturated rings. The van der Waals surface area contributed by atoms with E-state index in [4.69, 9.17) is 4.74 Å². The van der Waals surface area contributed by atoms with Gasteiger partial charge >= 0.3 is 0 Å². The highest BCUT2D eigenvalue weighted by atomic mass is 16.5. The van der Waals surface area contributed by atoms with Gasteiger partial charge in [0.2, 0.25) is 0 Å². The minimum absolute atomic E-state index is 0.552. The van der Waals surface area contributed by atoms with E-state index in [1.54, 1.807) is 0 Å². The van der Waals surface area contributed by atoms with Gasteiger partial charge in [-0.15, -0.1) is 0 Å². The van der Waals surface area contributed by atoms with Crippen molar-refractivity contribution >= 4 is 0 Å². The summed E-state index contributed by atoms with van der Waals surface area (Å²) in [5.74, 6) is 0. The van der Waals surface area contributed by atoms with Gasteiger partial charge in [0, 0.05) is 6.04 Å². The van der Waals surface area contributed by atoms with E-state index in [1.807, 2.05) is 0 Å². The van der Waals surface area contributed by atoms with Gasteiger partial charge in [-0.3, -0.25) is 0 Å². The van der Waals surface area contributed by atoms with Gasteiger partial charge in [0.1, 0.15) is 0 Å². The van der Waals surface area contributed by atoms with Gasteiger partial charge in [0.05, 0.1) is 12.7 Å². The van der Waals surface area contributed by atoms with Crippen LogP contribution in [0.4, 0.5) is 0 Å². The second kappa shape index (κ2) is 7.24. The van der Waals surface area contributed by atoms with Crippen molar-refractivity contribution in [1.82, 2.24) is 5.32 Å². The Morgan fingerprint density at radius 1 is 1.21 bits per heavy atom. The molecule has 1 aliphatic carbocycles. The first kappa shape index (κ1) is 12.0. The molecule has 0 saturated heterocycles. The van der Waals surface area contributed by atoms with Gasteiger partial charge in [-0.25, -0.2) is 0 Å². The van der Waals surface area contributed by atoms with Crippen molar-refractivity contribution in [2.45, 2.75) is 64.5 Å². The quantitative estimate of drug-likeness (QED) is 0.710. The van der Waals surface area contributed by atoms with E-state index in [2.05, 4.69) is 19.2 Å². The molecule has 2 nitrogen and oxygen atoms in total. The fraction of sp³-hybridized carbons (Fsp3) is 1.00. The molecule has 1 rings (SSSR count). The summed E-state index contributed by atoms with van der Waals surface area (Å²) < 4.78 is 5.93. The largest absolute Gasteiger partial charge is 0.377 e. The SMILES string of the molecule is CCNC(CC)COC1CCCCC1. The second-order valence-corrected chi connectivity index (χ2v) is 4.26. The lowest BCUT2D eigenvalue weighted by molar-refractivity contribution is 0.0156. The zero-order valence-electron chi connectivity index (χ0n) is 9.72. The van der Waals surface area contributed by atoms with Crippen LogP contribution in [-0.2, 0) is 4.74 Å². The molecule has 0 aliphatic heterocycles. The Labute approximate surface area is 88.4 Å². The van der Waals surface area contributed by atoms with Crippen LogP contribution < -0.4 is 5.32 Å². The summed E-state index contributed by atoms with van der Waals surface area (Å²) in [7, 11) is 0. The van der Waals surface area contributed by atoms with E-state index in [0.29, 0.717) is 12.1 Å². The molecule has 0 aromatic carbocycles. The normalized spacial score (nSPS) is 21.0. The van der Waals surface area contributed by atoms with Crippen LogP contribution >= 0.6 is 0 Å². The lowest BCUT2D eigenvalue weighted by Gasteiger charge is -2.25. The van der Waals surface area contributed by atoms with E-state index in [0.717, 1.165) is 13.2 Å². The van der Waals surface area contributed by atoms with Gasteiger partial charge in [-0.2, -0.15) is 0 Å². The van der Waals surface area contributed by atoms with E-state index in [-0.39, 0.29) is 0 Å². The average molecular weight is 199 g/mol. The minimum Gasteiger partial charge on any atom is -0.377 e. The molecule has 1 unspecified atom stereocenters. The van der Waals surface area contributed by atoms with Crippen LogP contribution in [0.5, 0.6) is 0 Å². The lowest BCUT2D eigenvalue weighted by Crippen LogP contribution is -2.34. The zero-order valence-corrected chi connectivity index (χ0v) is 9.72. The molecule has 1 aliphatic rings. The van der Waals surface area contributed by atoms with Crippen LogP contribution in [0.25, 0.3) is 0 Å². The van der Waals surface area contributed by atoms with E-state index < -0.39 is 0 Å². The predicted octanol–water partition coefficient (Wildman–Crippen LogP) is 2.72. The fourth-order valence-electron chi connectivity index (χ4n) is 2.09. The first-order valence-corrected chi connectivity index (χ1v) is 6.21. The molecular formula is C12H25NO. The molecular weight excluding hydrogens is 174 g/mol. The highest BCUT2D eigenvalue weighted by Crippen LogP contribution is 2.20. The highest BCUT2D eigenvalue weighted by Gasteiger charge is 2.15. The first-order chi connectivity index (χ1) is 6.86. The number of hydrogen-bond acceptors (Lipinski definition) is 2. The van der Waals surface area contributed by atoms with E-state index in [9.17, 15) is 0 Å².